The average molecular weight is 388 g/mol. The van der Waals surface area contributed by atoms with Gasteiger partial charge in [0, 0.05) is 44.8 Å². The number of likely N-dealkylation sites (tertiary alicyclic amines) is 1. The number of piperidine rings is 1. The number of anilines is 1. The zero-order valence-electron chi connectivity index (χ0n) is 16.6. The van der Waals surface area contributed by atoms with Crippen LogP contribution in [-0.2, 0) is 20.8 Å². The number of urea groups is 1. The predicted molar refractivity (Wildman–Crippen MR) is 106 cm³/mol. The Morgan fingerprint density at radius 2 is 1.79 bits per heavy atom. The van der Waals surface area contributed by atoms with Crippen LogP contribution < -0.4 is 10.6 Å². The molecule has 28 heavy (non-hydrogen) atoms. The normalized spacial score (nSPS) is 15.5. The first kappa shape index (κ1) is 21.4. The lowest BCUT2D eigenvalue weighted by Crippen LogP contribution is -2.44. The fourth-order valence-electron chi connectivity index (χ4n) is 3.30. The molecule has 2 rings (SSSR count). The Hall–Kier alpha value is -2.90. The minimum absolute atomic E-state index is 0.0139. The predicted octanol–water partition coefficient (Wildman–Crippen LogP) is 1.26. The van der Waals surface area contributed by atoms with E-state index < -0.39 is 5.91 Å². The van der Waals surface area contributed by atoms with Crippen molar-refractivity contribution in [3.8, 4) is 0 Å². The lowest BCUT2D eigenvalue weighted by atomic mass is 9.96. The van der Waals surface area contributed by atoms with Gasteiger partial charge in [-0.3, -0.25) is 14.4 Å². The van der Waals surface area contributed by atoms with E-state index in [1.54, 1.807) is 23.9 Å². The Bertz CT molecular complexity index is 709. The summed E-state index contributed by atoms with van der Waals surface area (Å²) in [4.78, 5) is 49.2. The summed E-state index contributed by atoms with van der Waals surface area (Å²) in [7, 11) is 3.50. The molecule has 1 aromatic rings. The third-order valence-electron chi connectivity index (χ3n) is 4.81. The van der Waals surface area contributed by atoms with Crippen molar-refractivity contribution in [1.82, 2.24) is 15.1 Å². The number of nitrogens with zero attached hydrogens (tertiary/aromatic N) is 2. The molecular weight excluding hydrogens is 360 g/mol. The molecule has 1 aromatic carbocycles. The van der Waals surface area contributed by atoms with Crippen LogP contribution in [0.5, 0.6) is 0 Å². The highest BCUT2D eigenvalue weighted by Crippen LogP contribution is 2.20. The number of rotatable bonds is 6. The zero-order valence-corrected chi connectivity index (χ0v) is 16.6. The van der Waals surface area contributed by atoms with Gasteiger partial charge in [0.2, 0.25) is 12.2 Å². The average Bonchev–Trinajstić information content (AvgIpc) is 2.68. The van der Waals surface area contributed by atoms with Gasteiger partial charge in [0.25, 0.3) is 5.91 Å². The molecule has 8 heteroatoms. The number of amides is 4. The van der Waals surface area contributed by atoms with Crippen molar-refractivity contribution in [1.29, 1.82) is 0 Å². The number of aldehydes is 1. The lowest BCUT2D eigenvalue weighted by molar-refractivity contribution is -0.134. The van der Waals surface area contributed by atoms with E-state index in [0.717, 1.165) is 5.56 Å². The third kappa shape index (κ3) is 6.07. The molecule has 1 heterocycles. The summed E-state index contributed by atoms with van der Waals surface area (Å²) < 4.78 is 0. The number of benzene rings is 1. The first-order chi connectivity index (χ1) is 13.3. The van der Waals surface area contributed by atoms with E-state index >= 15 is 0 Å². The molecule has 0 saturated carbocycles. The fraction of sp³-hybridized carbons (Fsp3) is 0.500. The van der Waals surface area contributed by atoms with Crippen molar-refractivity contribution in [2.24, 2.45) is 5.92 Å². The van der Waals surface area contributed by atoms with Gasteiger partial charge in [0.1, 0.15) is 0 Å². The highest BCUT2D eigenvalue weighted by atomic mass is 16.2. The first-order valence-corrected chi connectivity index (χ1v) is 9.42. The SMILES string of the molecule is CC(Cc1ccc(NC(=O)N2CCC(C(=O)N(C)C)CC2)cc1)NC(=O)C=O. The Morgan fingerprint density at radius 1 is 1.18 bits per heavy atom. The van der Waals surface area contributed by atoms with Gasteiger partial charge in [-0.15, -0.1) is 0 Å². The maximum absolute atomic E-state index is 12.4. The second-order valence-corrected chi connectivity index (χ2v) is 7.35. The number of hydrogen-bond donors (Lipinski definition) is 2. The molecule has 4 amide bonds. The molecule has 1 unspecified atom stereocenters. The Balaban J connectivity index is 1.82. The van der Waals surface area contributed by atoms with Crippen LogP contribution in [0.1, 0.15) is 25.3 Å². The molecule has 2 N–H and O–H groups in total. The molecule has 1 saturated heterocycles. The summed E-state index contributed by atoms with van der Waals surface area (Å²) in [5.74, 6) is -0.526. The monoisotopic (exact) mass is 388 g/mol. The highest BCUT2D eigenvalue weighted by molar-refractivity contribution is 6.23. The zero-order chi connectivity index (χ0) is 20.7. The summed E-state index contributed by atoms with van der Waals surface area (Å²) >= 11 is 0. The molecule has 0 aliphatic carbocycles. The summed E-state index contributed by atoms with van der Waals surface area (Å²) in [6, 6.07) is 7.04. The number of hydrogen-bond acceptors (Lipinski definition) is 4. The van der Waals surface area contributed by atoms with Crippen LogP contribution in [0, 0.1) is 5.92 Å². The Morgan fingerprint density at radius 3 is 2.32 bits per heavy atom. The van der Waals surface area contributed by atoms with Crippen LogP contribution in [0.15, 0.2) is 24.3 Å². The van der Waals surface area contributed by atoms with Gasteiger partial charge in [-0.1, -0.05) is 12.1 Å². The molecule has 1 fully saturated rings. The van der Waals surface area contributed by atoms with Crippen LogP contribution in [0.2, 0.25) is 0 Å². The van der Waals surface area contributed by atoms with Crippen molar-refractivity contribution in [2.75, 3.05) is 32.5 Å². The van der Waals surface area contributed by atoms with Gasteiger partial charge in [-0.25, -0.2) is 4.79 Å². The van der Waals surface area contributed by atoms with E-state index in [4.69, 9.17) is 0 Å². The first-order valence-electron chi connectivity index (χ1n) is 9.42. The van der Waals surface area contributed by atoms with E-state index in [9.17, 15) is 19.2 Å². The van der Waals surface area contributed by atoms with Gasteiger partial charge in [-0.05, 0) is 43.9 Å². The van der Waals surface area contributed by atoms with Gasteiger partial charge in [0.15, 0.2) is 0 Å². The molecule has 0 bridgehead atoms. The summed E-state index contributed by atoms with van der Waals surface area (Å²) in [5.41, 5.74) is 1.67. The topological polar surface area (TPSA) is 98.8 Å². The Kier molecular flexibility index (Phi) is 7.54. The number of carbonyl (C=O) groups excluding carboxylic acids is 4. The largest absolute Gasteiger partial charge is 0.349 e. The van der Waals surface area contributed by atoms with Gasteiger partial charge in [-0.2, -0.15) is 0 Å². The molecule has 0 aromatic heterocycles. The quantitative estimate of drug-likeness (QED) is 0.566. The van der Waals surface area contributed by atoms with Gasteiger partial charge >= 0.3 is 6.03 Å². The minimum atomic E-state index is -0.632. The maximum Gasteiger partial charge on any atom is 0.321 e. The minimum Gasteiger partial charge on any atom is -0.349 e. The van der Waals surface area contributed by atoms with Crippen LogP contribution >= 0.6 is 0 Å². The third-order valence-corrected chi connectivity index (χ3v) is 4.81. The van der Waals surface area contributed by atoms with E-state index in [1.165, 1.54) is 0 Å². The van der Waals surface area contributed by atoms with E-state index in [0.29, 0.717) is 38.0 Å². The second-order valence-electron chi connectivity index (χ2n) is 7.35. The van der Waals surface area contributed by atoms with E-state index in [2.05, 4.69) is 10.6 Å². The van der Waals surface area contributed by atoms with Crippen molar-refractivity contribution in [3.05, 3.63) is 29.8 Å². The molecular formula is C20H28N4O4. The van der Waals surface area contributed by atoms with Crippen molar-refractivity contribution in [2.45, 2.75) is 32.2 Å². The molecule has 1 atom stereocenters. The maximum atomic E-state index is 12.4. The fourth-order valence-corrected chi connectivity index (χ4v) is 3.30. The second kappa shape index (κ2) is 9.87. The van der Waals surface area contributed by atoms with Crippen molar-refractivity contribution >= 4 is 29.8 Å². The van der Waals surface area contributed by atoms with Crippen LogP contribution in [-0.4, -0.2) is 67.2 Å². The van der Waals surface area contributed by atoms with E-state index in [-0.39, 0.29) is 30.2 Å². The Labute approximate surface area is 165 Å². The van der Waals surface area contributed by atoms with Crippen LogP contribution in [0.25, 0.3) is 0 Å². The summed E-state index contributed by atoms with van der Waals surface area (Å²) in [6.45, 7) is 2.94. The lowest BCUT2D eigenvalue weighted by Gasteiger charge is -2.32. The van der Waals surface area contributed by atoms with Crippen LogP contribution in [0.3, 0.4) is 0 Å². The van der Waals surface area contributed by atoms with Gasteiger partial charge < -0.3 is 20.4 Å². The molecule has 0 spiro atoms. The van der Waals surface area contributed by atoms with E-state index in [1.807, 2.05) is 31.2 Å². The number of carbonyl (C=O) groups is 4. The van der Waals surface area contributed by atoms with Gasteiger partial charge in [0.05, 0.1) is 0 Å². The summed E-state index contributed by atoms with van der Waals surface area (Å²) in [6.07, 6.45) is 2.19. The molecule has 152 valence electrons. The summed E-state index contributed by atoms with van der Waals surface area (Å²) in [5, 5.41) is 5.45. The van der Waals surface area contributed by atoms with Crippen molar-refractivity contribution in [3.63, 3.8) is 0 Å². The smallest absolute Gasteiger partial charge is 0.321 e. The standard InChI is InChI=1S/C20H28N4O4/c1-14(21-18(26)13-25)12-15-4-6-17(7-5-15)22-20(28)24-10-8-16(9-11-24)19(27)23(2)3/h4-7,13-14,16H,8-12H2,1-3H3,(H,21,26)(H,22,28). The molecule has 1 aliphatic heterocycles. The molecule has 8 nitrogen and oxygen atoms in total. The molecule has 1 aliphatic rings. The number of nitrogens with one attached hydrogen (secondary N) is 2. The van der Waals surface area contributed by atoms with Crippen molar-refractivity contribution < 1.29 is 19.2 Å². The van der Waals surface area contributed by atoms with Crippen LogP contribution in [0.4, 0.5) is 10.5 Å². The molecule has 0 radical (unpaired) electrons. The highest BCUT2D eigenvalue weighted by Gasteiger charge is 2.28.